The number of sulfonamides is 1. The predicted octanol–water partition coefficient (Wildman–Crippen LogP) is 4.23. The van der Waals surface area contributed by atoms with E-state index in [4.69, 9.17) is 4.74 Å². The quantitative estimate of drug-likeness (QED) is 0.600. The molecule has 192 valence electrons. The first-order valence-electron chi connectivity index (χ1n) is 11.8. The van der Waals surface area contributed by atoms with Gasteiger partial charge in [-0.25, -0.2) is 13.2 Å². The van der Waals surface area contributed by atoms with Crippen LogP contribution in [-0.2, 0) is 39.0 Å². The highest BCUT2D eigenvalue weighted by Crippen LogP contribution is 2.35. The summed E-state index contributed by atoms with van der Waals surface area (Å²) in [5.74, 6) is -2.96. The lowest BCUT2D eigenvalue weighted by Gasteiger charge is -2.39. The fourth-order valence-corrected chi connectivity index (χ4v) is 6.88. The lowest BCUT2D eigenvalue weighted by molar-refractivity contribution is -0.175. The summed E-state index contributed by atoms with van der Waals surface area (Å²) in [6, 6.07) is 11.7. The molecule has 0 N–H and O–H groups in total. The molecule has 1 aliphatic carbocycles. The van der Waals surface area contributed by atoms with Crippen molar-refractivity contribution in [1.82, 2.24) is 4.31 Å². The van der Waals surface area contributed by atoms with Crippen LogP contribution in [0.2, 0.25) is 0 Å². The first-order chi connectivity index (χ1) is 17.1. The van der Waals surface area contributed by atoms with E-state index >= 15 is 0 Å². The average molecular weight is 523 g/mol. The van der Waals surface area contributed by atoms with Crippen LogP contribution in [0, 0.1) is 5.92 Å². The van der Waals surface area contributed by atoms with Crippen molar-refractivity contribution in [3.8, 4) is 0 Å². The number of cyclic esters (lactones) is 1. The highest BCUT2D eigenvalue weighted by atomic mass is 32.2. The summed E-state index contributed by atoms with van der Waals surface area (Å²) < 4.78 is 72.1. The van der Waals surface area contributed by atoms with Gasteiger partial charge in [-0.3, -0.25) is 9.69 Å². The number of amides is 1. The molecule has 0 spiro atoms. The molecule has 0 bridgehead atoms. The van der Waals surface area contributed by atoms with E-state index in [0.717, 1.165) is 16.8 Å². The number of aryl methyl sites for hydroxylation is 1. The fourth-order valence-electron chi connectivity index (χ4n) is 5.36. The fraction of sp³-hybridized carbons (Fsp3) is 0.440. The molecule has 3 aliphatic rings. The number of rotatable bonds is 4. The third-order valence-corrected chi connectivity index (χ3v) is 9.18. The summed E-state index contributed by atoms with van der Waals surface area (Å²) in [7, 11) is -3.90. The van der Waals surface area contributed by atoms with E-state index in [1.54, 1.807) is 11.0 Å². The molecule has 7 nitrogen and oxygen atoms in total. The highest BCUT2D eigenvalue weighted by molar-refractivity contribution is 7.89. The number of Topliss-reactive ketones (excluding diaryl/α,β-unsaturated/α-hetero) is 1. The number of fused-ring (bicyclic) bond motifs is 2. The van der Waals surface area contributed by atoms with Crippen LogP contribution in [0.4, 0.5) is 23.7 Å². The summed E-state index contributed by atoms with van der Waals surface area (Å²) in [5, 5.41) is 0. The zero-order valence-electron chi connectivity index (χ0n) is 19.3. The Morgan fingerprint density at radius 3 is 2.42 bits per heavy atom. The summed E-state index contributed by atoms with van der Waals surface area (Å²) in [6.07, 6.45) is -4.28. The SMILES string of the molecule is O=C1OCc2ccccc2N1C1CCN(S(=O)(=O)c2ccc3c(c2)CC(C(=O)C(F)(F)F)CC3)CC1. The van der Waals surface area contributed by atoms with E-state index in [1.807, 2.05) is 24.3 Å². The van der Waals surface area contributed by atoms with Crippen LogP contribution in [0.1, 0.15) is 36.0 Å². The maximum Gasteiger partial charge on any atom is 0.450 e. The molecule has 1 unspecified atom stereocenters. The van der Waals surface area contributed by atoms with E-state index in [0.29, 0.717) is 24.8 Å². The molecular weight excluding hydrogens is 497 g/mol. The maximum atomic E-state index is 13.4. The van der Waals surface area contributed by atoms with Gasteiger partial charge >= 0.3 is 12.3 Å². The Balaban J connectivity index is 1.31. The summed E-state index contributed by atoms with van der Waals surface area (Å²) in [6.45, 7) is 0.572. The first kappa shape index (κ1) is 24.8. The Morgan fingerprint density at radius 1 is 0.972 bits per heavy atom. The van der Waals surface area contributed by atoms with Crippen LogP contribution in [0.15, 0.2) is 47.4 Å². The Morgan fingerprint density at radius 2 is 1.69 bits per heavy atom. The van der Waals surface area contributed by atoms with Crippen molar-refractivity contribution in [2.24, 2.45) is 5.92 Å². The van der Waals surface area contributed by atoms with E-state index in [9.17, 15) is 31.2 Å². The van der Waals surface area contributed by atoms with Crippen molar-refractivity contribution < 1.29 is 35.9 Å². The molecule has 0 radical (unpaired) electrons. The minimum atomic E-state index is -4.91. The van der Waals surface area contributed by atoms with Crippen molar-refractivity contribution in [3.63, 3.8) is 0 Å². The molecule has 2 aliphatic heterocycles. The number of hydrogen-bond acceptors (Lipinski definition) is 5. The van der Waals surface area contributed by atoms with Gasteiger partial charge in [-0.2, -0.15) is 17.5 Å². The number of carbonyl (C=O) groups is 2. The minimum absolute atomic E-state index is 0.00235. The monoisotopic (exact) mass is 522 g/mol. The van der Waals surface area contributed by atoms with Gasteiger partial charge in [0.15, 0.2) is 0 Å². The van der Waals surface area contributed by atoms with Crippen molar-refractivity contribution >= 4 is 27.6 Å². The zero-order chi connectivity index (χ0) is 25.7. The van der Waals surface area contributed by atoms with E-state index in [1.165, 1.54) is 16.4 Å². The molecule has 5 rings (SSSR count). The van der Waals surface area contributed by atoms with Crippen LogP contribution in [-0.4, -0.2) is 49.9 Å². The number of anilines is 1. The number of alkyl halides is 3. The number of carbonyl (C=O) groups excluding carboxylic acids is 2. The lowest BCUT2D eigenvalue weighted by atomic mass is 9.81. The second-order valence-corrected chi connectivity index (χ2v) is 11.4. The molecular formula is C25H25F3N2O5S. The van der Waals surface area contributed by atoms with Gasteiger partial charge in [0.2, 0.25) is 15.8 Å². The summed E-state index contributed by atoms with van der Waals surface area (Å²) in [4.78, 5) is 25.8. The number of nitrogens with zero attached hydrogens (tertiary/aromatic N) is 2. The normalized spacial score (nSPS) is 21.5. The van der Waals surface area contributed by atoms with Crippen molar-refractivity contribution in [2.45, 2.75) is 55.8 Å². The van der Waals surface area contributed by atoms with Crippen LogP contribution in [0.5, 0.6) is 0 Å². The van der Waals surface area contributed by atoms with Crippen LogP contribution < -0.4 is 4.90 Å². The molecule has 36 heavy (non-hydrogen) atoms. The van der Waals surface area contributed by atoms with Crippen molar-refractivity contribution in [3.05, 3.63) is 59.2 Å². The van der Waals surface area contributed by atoms with E-state index < -0.39 is 34.0 Å². The molecule has 1 amide bonds. The van der Waals surface area contributed by atoms with Crippen LogP contribution in [0.25, 0.3) is 0 Å². The standard InChI is InChI=1S/C25H25F3N2O5S/c26-25(27,28)23(31)17-6-5-16-7-8-21(14-19(16)13-17)36(33,34)29-11-9-20(10-12-29)30-22-4-2-1-3-18(22)15-35-24(30)32/h1-4,7-8,14,17,20H,5-6,9-13,15H2. The predicted molar refractivity (Wildman–Crippen MR) is 124 cm³/mol. The second kappa shape index (κ2) is 9.19. The third-order valence-electron chi connectivity index (χ3n) is 7.28. The van der Waals surface area contributed by atoms with Crippen LogP contribution in [0.3, 0.4) is 0 Å². The molecule has 2 heterocycles. The van der Waals surface area contributed by atoms with E-state index in [2.05, 4.69) is 0 Å². The number of ketones is 1. The lowest BCUT2D eigenvalue weighted by Crippen LogP contribution is -2.50. The molecule has 1 atom stereocenters. The first-order valence-corrected chi connectivity index (χ1v) is 13.3. The van der Waals surface area contributed by atoms with Crippen molar-refractivity contribution in [2.75, 3.05) is 18.0 Å². The minimum Gasteiger partial charge on any atom is -0.444 e. The molecule has 2 aromatic rings. The van der Waals surface area contributed by atoms with E-state index in [-0.39, 0.29) is 43.5 Å². The Kier molecular flexibility index (Phi) is 6.32. The van der Waals surface area contributed by atoms with Gasteiger partial charge in [-0.05, 0) is 61.4 Å². The van der Waals surface area contributed by atoms with Gasteiger partial charge < -0.3 is 4.74 Å². The van der Waals surface area contributed by atoms with Crippen molar-refractivity contribution in [1.29, 1.82) is 0 Å². The molecule has 1 saturated heterocycles. The van der Waals surface area contributed by atoms with Gasteiger partial charge in [0, 0.05) is 30.6 Å². The number of piperidine rings is 1. The maximum absolute atomic E-state index is 13.4. The smallest absolute Gasteiger partial charge is 0.444 e. The van der Waals surface area contributed by atoms with Crippen LogP contribution >= 0.6 is 0 Å². The highest BCUT2D eigenvalue weighted by Gasteiger charge is 2.44. The summed E-state index contributed by atoms with van der Waals surface area (Å²) >= 11 is 0. The van der Waals surface area contributed by atoms with Gasteiger partial charge in [-0.1, -0.05) is 24.3 Å². The molecule has 0 aromatic heterocycles. The zero-order valence-corrected chi connectivity index (χ0v) is 20.1. The summed E-state index contributed by atoms with van der Waals surface area (Å²) in [5.41, 5.74) is 2.89. The number of benzene rings is 2. The second-order valence-electron chi connectivity index (χ2n) is 9.42. The molecule has 1 fully saturated rings. The van der Waals surface area contributed by atoms with Gasteiger partial charge in [0.05, 0.1) is 10.6 Å². The topological polar surface area (TPSA) is 84.0 Å². The molecule has 2 aromatic carbocycles. The Labute approximate surface area is 206 Å². The average Bonchev–Trinajstić information content (AvgIpc) is 2.87. The molecule has 0 saturated carbocycles. The Bertz CT molecular complexity index is 1300. The number of hydrogen-bond donors (Lipinski definition) is 0. The molecule has 11 heteroatoms. The third kappa shape index (κ3) is 4.50. The Hall–Kier alpha value is -2.92. The van der Waals surface area contributed by atoms with Gasteiger partial charge in [0.1, 0.15) is 6.61 Å². The number of halogens is 3. The largest absolute Gasteiger partial charge is 0.450 e. The number of ether oxygens (including phenoxy) is 1. The van der Waals surface area contributed by atoms with Gasteiger partial charge in [0.25, 0.3) is 0 Å². The number of para-hydroxylation sites is 1. The van der Waals surface area contributed by atoms with Gasteiger partial charge in [-0.15, -0.1) is 0 Å².